The summed E-state index contributed by atoms with van der Waals surface area (Å²) in [4.78, 5) is 2.32. The molecule has 10 aliphatic carbocycles. The maximum absolute atomic E-state index is 4.74. The Bertz CT molecular complexity index is 810. The highest BCUT2D eigenvalue weighted by molar-refractivity contribution is 9.11. The Kier molecular flexibility index (Phi) is 1.87. The fourth-order valence-electron chi connectivity index (χ4n) is 14.5. The van der Waals surface area contributed by atoms with E-state index >= 15 is 0 Å². The molecular formula is C20H17Br5. The molecule has 0 nitrogen and oxygen atoms in total. The molecule has 0 aliphatic heterocycles. The second-order valence-corrected chi connectivity index (χ2v) is 17.3. The summed E-state index contributed by atoms with van der Waals surface area (Å²) in [6.07, 6.45) is 1.60. The minimum atomic E-state index is 0.418. The molecule has 0 N–H and O–H groups in total. The van der Waals surface area contributed by atoms with Gasteiger partial charge in [-0.3, -0.25) is 0 Å². The van der Waals surface area contributed by atoms with Crippen LogP contribution in [0.15, 0.2) is 0 Å². The van der Waals surface area contributed by atoms with Gasteiger partial charge in [0.1, 0.15) is 0 Å². The lowest BCUT2D eigenvalue weighted by atomic mass is 9.51. The summed E-state index contributed by atoms with van der Waals surface area (Å²) in [7, 11) is 0. The third kappa shape index (κ3) is 0.743. The van der Waals surface area contributed by atoms with Crippen molar-refractivity contribution in [1.29, 1.82) is 0 Å². The smallest absolute Gasteiger partial charge is 0.0409 e. The molecule has 0 aromatic heterocycles. The summed E-state index contributed by atoms with van der Waals surface area (Å²) in [6, 6.07) is 0. The summed E-state index contributed by atoms with van der Waals surface area (Å²) in [5.41, 5.74) is 1.22. The number of alkyl halides is 5. The molecule has 10 aliphatic rings. The highest BCUT2D eigenvalue weighted by atomic mass is 79.9. The van der Waals surface area contributed by atoms with E-state index in [0.29, 0.717) is 19.5 Å². The van der Waals surface area contributed by atoms with E-state index in [1.54, 1.807) is 6.42 Å². The van der Waals surface area contributed by atoms with Crippen molar-refractivity contribution in [2.45, 2.75) is 29.6 Å². The molecule has 5 unspecified atom stereocenters. The van der Waals surface area contributed by atoms with Crippen LogP contribution in [0.25, 0.3) is 0 Å². The summed E-state index contributed by atoms with van der Waals surface area (Å²) in [5.74, 6) is 11.6. The molecule has 132 valence electrons. The van der Waals surface area contributed by atoms with Crippen molar-refractivity contribution in [3.63, 3.8) is 0 Å². The molecule has 19 atom stereocenters. The van der Waals surface area contributed by atoms with E-state index < -0.39 is 0 Å². The van der Waals surface area contributed by atoms with Crippen molar-refractivity contribution in [2.24, 2.45) is 81.8 Å². The molecule has 25 heavy (non-hydrogen) atoms. The van der Waals surface area contributed by atoms with E-state index in [0.717, 1.165) is 85.5 Å². The highest BCUT2D eigenvalue weighted by Crippen LogP contribution is 3.10. The van der Waals surface area contributed by atoms with Gasteiger partial charge in [0.2, 0.25) is 0 Å². The van der Waals surface area contributed by atoms with Gasteiger partial charge in [0.05, 0.1) is 0 Å². The van der Waals surface area contributed by atoms with E-state index in [4.69, 9.17) is 31.9 Å². The standard InChI is InChI=1S/C20H17Br5/c21-14-8-6-7-9(14)18-3-1-2-4-5(3)11-15(22)10(4)19(24,17(2,8)18)12(6)16(23)13(7)20(11,18)25/h2-16H,1H2/t2-,3+,4-,5-,6+,7+,8-,9+,10-,11+,12+,13-,14?,15?,16?,17?,18?,19+,20-/m1/s1. The van der Waals surface area contributed by atoms with Gasteiger partial charge in [-0.1, -0.05) is 79.6 Å². The number of halogens is 5. The van der Waals surface area contributed by atoms with Gasteiger partial charge in [0, 0.05) is 34.0 Å². The fraction of sp³-hybridized carbons (Fsp3) is 1.00. The van der Waals surface area contributed by atoms with Crippen LogP contribution >= 0.6 is 79.6 Å². The van der Waals surface area contributed by atoms with Gasteiger partial charge >= 0.3 is 0 Å². The molecule has 0 amide bonds. The Labute approximate surface area is 189 Å². The molecule has 5 heteroatoms. The average Bonchev–Trinajstić information content (AvgIpc) is 3.32. The molecule has 0 aromatic rings. The first kappa shape index (κ1) is 14.4. The van der Waals surface area contributed by atoms with E-state index in [1.165, 1.54) is 0 Å². The highest BCUT2D eigenvalue weighted by Gasteiger charge is 3.11. The predicted octanol–water partition coefficient (Wildman–Crippen LogP) is 5.44. The third-order valence-corrected chi connectivity index (χ3v) is 19.8. The Balaban J connectivity index is 1.55. The lowest BCUT2D eigenvalue weighted by molar-refractivity contribution is -0.0472. The maximum Gasteiger partial charge on any atom is 0.0409 e. The normalized spacial score (nSPS) is 97.1. The van der Waals surface area contributed by atoms with Crippen molar-refractivity contribution in [3.05, 3.63) is 0 Å². The summed E-state index contributed by atoms with van der Waals surface area (Å²) >= 11 is 22.6. The first-order valence-corrected chi connectivity index (χ1v) is 14.6. The summed E-state index contributed by atoms with van der Waals surface area (Å²) in [5, 5.41) is 0. The van der Waals surface area contributed by atoms with Crippen LogP contribution in [0.2, 0.25) is 0 Å². The molecular weight excluding hydrogens is 640 g/mol. The zero-order valence-corrected chi connectivity index (χ0v) is 21.2. The van der Waals surface area contributed by atoms with E-state index in [1.807, 2.05) is 0 Å². The minimum absolute atomic E-state index is 0.418. The van der Waals surface area contributed by atoms with Crippen LogP contribution in [-0.4, -0.2) is 23.1 Å². The van der Waals surface area contributed by atoms with Gasteiger partial charge in [-0.2, -0.15) is 0 Å². The zero-order chi connectivity index (χ0) is 16.4. The van der Waals surface area contributed by atoms with Crippen molar-refractivity contribution in [3.8, 4) is 0 Å². The Hall–Kier alpha value is 2.40. The molecule has 0 saturated heterocycles. The first-order valence-electron chi connectivity index (χ1n) is 10.2. The van der Waals surface area contributed by atoms with Crippen LogP contribution in [0.4, 0.5) is 0 Å². The van der Waals surface area contributed by atoms with Gasteiger partial charge in [-0.25, -0.2) is 0 Å². The second-order valence-electron chi connectivity index (χ2n) is 11.5. The van der Waals surface area contributed by atoms with Gasteiger partial charge in [0.15, 0.2) is 0 Å². The van der Waals surface area contributed by atoms with Crippen molar-refractivity contribution < 1.29 is 0 Å². The van der Waals surface area contributed by atoms with Crippen molar-refractivity contribution in [2.75, 3.05) is 0 Å². The number of rotatable bonds is 0. The quantitative estimate of drug-likeness (QED) is 0.305. The lowest BCUT2D eigenvalue weighted by Crippen LogP contribution is -2.57. The fourth-order valence-corrected chi connectivity index (χ4v) is 24.7. The van der Waals surface area contributed by atoms with Crippen LogP contribution in [0.3, 0.4) is 0 Å². The van der Waals surface area contributed by atoms with Gasteiger partial charge < -0.3 is 0 Å². The van der Waals surface area contributed by atoms with Crippen LogP contribution in [0.1, 0.15) is 6.42 Å². The van der Waals surface area contributed by atoms with Gasteiger partial charge in [0.25, 0.3) is 0 Å². The third-order valence-electron chi connectivity index (χ3n) is 13.0. The minimum Gasteiger partial charge on any atom is -0.0884 e. The summed E-state index contributed by atoms with van der Waals surface area (Å²) in [6.45, 7) is 0. The van der Waals surface area contributed by atoms with Crippen molar-refractivity contribution in [1.82, 2.24) is 0 Å². The molecule has 10 fully saturated rings. The monoisotopic (exact) mass is 652 g/mol. The second kappa shape index (κ2) is 3.25. The van der Waals surface area contributed by atoms with E-state index in [-0.39, 0.29) is 0 Å². The predicted molar refractivity (Wildman–Crippen MR) is 113 cm³/mol. The summed E-state index contributed by atoms with van der Waals surface area (Å²) < 4.78 is 0.836. The molecule has 0 aromatic carbocycles. The molecule has 0 radical (unpaired) electrons. The van der Waals surface area contributed by atoms with Gasteiger partial charge in [-0.15, -0.1) is 0 Å². The topological polar surface area (TPSA) is 0 Å². The zero-order valence-electron chi connectivity index (χ0n) is 13.3. The first-order chi connectivity index (χ1) is 11.9. The number of hydrogen-bond acceptors (Lipinski definition) is 0. The maximum atomic E-state index is 4.74. The van der Waals surface area contributed by atoms with Crippen LogP contribution in [0.5, 0.6) is 0 Å². The largest absolute Gasteiger partial charge is 0.0884 e. The Morgan fingerprint density at radius 3 is 1.32 bits per heavy atom. The van der Waals surface area contributed by atoms with Crippen LogP contribution in [-0.2, 0) is 0 Å². The molecule has 10 saturated carbocycles. The Morgan fingerprint density at radius 2 is 0.880 bits per heavy atom. The van der Waals surface area contributed by atoms with E-state index in [9.17, 15) is 0 Å². The molecule has 2 spiro atoms. The number of fused-ring (bicyclic) bond motifs is 4. The number of hydrogen-bond donors (Lipinski definition) is 0. The van der Waals surface area contributed by atoms with E-state index in [2.05, 4.69) is 47.8 Å². The van der Waals surface area contributed by atoms with Crippen LogP contribution < -0.4 is 0 Å². The molecule has 4 bridgehead atoms. The SMILES string of the molecule is BrC1[C@@H]2[C@@H]3[C@@H]4[C@H]5C(Br)[C@@H]3[C@]3(Br)[C@@H]6C(Br)[C@H]7[C@H]8[C@H]6[C@@H]6C[C@H]8C([C@@H]14)(C263)[C@@]57Br. The Morgan fingerprint density at radius 1 is 0.520 bits per heavy atom. The average molecular weight is 657 g/mol. The van der Waals surface area contributed by atoms with Crippen LogP contribution in [0, 0.1) is 81.8 Å². The van der Waals surface area contributed by atoms with Crippen molar-refractivity contribution >= 4 is 79.6 Å². The molecule has 0 heterocycles. The lowest BCUT2D eigenvalue weighted by Gasteiger charge is -2.55. The molecule has 10 rings (SSSR count). The van der Waals surface area contributed by atoms with Gasteiger partial charge in [-0.05, 0) is 77.4 Å².